The van der Waals surface area contributed by atoms with Crippen LogP contribution in [0.5, 0.6) is 5.75 Å². The van der Waals surface area contributed by atoms with Crippen LogP contribution >= 0.6 is 27.5 Å². The molecule has 1 aliphatic rings. The third-order valence-corrected chi connectivity index (χ3v) is 8.16. The lowest BCUT2D eigenvalue weighted by Crippen LogP contribution is -2.50. The van der Waals surface area contributed by atoms with E-state index < -0.39 is 34.5 Å². The normalized spacial score (nSPS) is 15.2. The van der Waals surface area contributed by atoms with Crippen molar-refractivity contribution in [2.24, 2.45) is 0 Å². The van der Waals surface area contributed by atoms with E-state index in [-0.39, 0.29) is 18.0 Å². The highest BCUT2D eigenvalue weighted by atomic mass is 79.9. The number of nitrogens with zero attached hydrogens (tertiary/aromatic N) is 2. The molecule has 0 bridgehead atoms. The quantitative estimate of drug-likeness (QED) is 0.380. The van der Waals surface area contributed by atoms with Crippen LogP contribution in [0.2, 0.25) is 5.02 Å². The van der Waals surface area contributed by atoms with Gasteiger partial charge >= 0.3 is 5.97 Å². The van der Waals surface area contributed by atoms with Gasteiger partial charge in [0, 0.05) is 16.0 Å². The summed E-state index contributed by atoms with van der Waals surface area (Å²) < 4.78 is 39.6. The van der Waals surface area contributed by atoms with Crippen molar-refractivity contribution in [1.29, 1.82) is 0 Å². The Morgan fingerprint density at radius 1 is 1.08 bits per heavy atom. The number of carbonyl (C=O) groups excluding carboxylic acids is 2. The second-order valence-electron chi connectivity index (χ2n) is 7.96. The fourth-order valence-corrected chi connectivity index (χ4v) is 5.50. The molecule has 8 nitrogen and oxygen atoms in total. The van der Waals surface area contributed by atoms with E-state index in [4.69, 9.17) is 21.1 Å². The van der Waals surface area contributed by atoms with Crippen molar-refractivity contribution in [3.8, 4) is 5.75 Å². The maximum Gasteiger partial charge on any atom is 0.348 e. The first-order chi connectivity index (χ1) is 17.2. The number of sulfonamides is 1. The van der Waals surface area contributed by atoms with Crippen LogP contribution in [0.15, 0.2) is 82.2 Å². The summed E-state index contributed by atoms with van der Waals surface area (Å²) >= 11 is 9.30. The number of benzene rings is 3. The van der Waals surface area contributed by atoms with Gasteiger partial charge in [0.1, 0.15) is 5.75 Å². The molecule has 1 heterocycles. The van der Waals surface area contributed by atoms with Crippen molar-refractivity contribution in [2.75, 3.05) is 25.1 Å². The summed E-state index contributed by atoms with van der Waals surface area (Å²) in [6, 6.07) is 19.6. The molecule has 0 aromatic heterocycles. The Morgan fingerprint density at radius 2 is 1.75 bits per heavy atom. The zero-order valence-electron chi connectivity index (χ0n) is 19.1. The molecule has 188 valence electrons. The summed E-state index contributed by atoms with van der Waals surface area (Å²) in [5.41, 5.74) is 1.10. The second-order valence-corrected chi connectivity index (χ2v) is 11.2. The van der Waals surface area contributed by atoms with Gasteiger partial charge in [-0.15, -0.1) is 0 Å². The number of hydrogen-bond donors (Lipinski definition) is 0. The largest absolute Gasteiger partial charge is 0.475 e. The first-order valence-electron chi connectivity index (χ1n) is 10.8. The van der Waals surface area contributed by atoms with E-state index in [2.05, 4.69) is 15.9 Å². The number of fused-ring (bicyclic) bond motifs is 1. The van der Waals surface area contributed by atoms with Gasteiger partial charge in [-0.2, -0.15) is 4.31 Å². The number of rotatable bonds is 7. The minimum absolute atomic E-state index is 0.0438. The summed E-state index contributed by atoms with van der Waals surface area (Å²) in [5.74, 6) is -0.829. The molecule has 0 aliphatic carbocycles. The molecule has 0 fully saturated rings. The third kappa shape index (κ3) is 5.73. The molecule has 11 heteroatoms. The van der Waals surface area contributed by atoms with Crippen molar-refractivity contribution in [1.82, 2.24) is 4.31 Å². The Balaban J connectivity index is 1.68. The summed E-state index contributed by atoms with van der Waals surface area (Å²) in [6.07, 6.45) is -1.04. The van der Waals surface area contributed by atoms with Crippen molar-refractivity contribution in [3.63, 3.8) is 0 Å². The first kappa shape index (κ1) is 26.2. The molecule has 0 spiro atoms. The maximum absolute atomic E-state index is 13.6. The van der Waals surface area contributed by atoms with Crippen molar-refractivity contribution in [3.05, 3.63) is 87.9 Å². The van der Waals surface area contributed by atoms with Gasteiger partial charge in [-0.1, -0.05) is 51.8 Å². The summed E-state index contributed by atoms with van der Waals surface area (Å²) in [4.78, 5) is 27.2. The third-order valence-electron chi connectivity index (χ3n) is 5.57. The number of methoxy groups -OCH3 is 1. The van der Waals surface area contributed by atoms with Crippen LogP contribution in [0.4, 0.5) is 5.69 Å². The van der Waals surface area contributed by atoms with E-state index in [0.29, 0.717) is 22.0 Å². The maximum atomic E-state index is 13.6. The molecule has 0 saturated heterocycles. The summed E-state index contributed by atoms with van der Waals surface area (Å²) in [7, 11) is -2.83. The van der Waals surface area contributed by atoms with Gasteiger partial charge in [-0.05, 0) is 54.1 Å². The number of hydrogen-bond acceptors (Lipinski definition) is 6. The smallest absolute Gasteiger partial charge is 0.348 e. The Morgan fingerprint density at radius 3 is 2.42 bits per heavy atom. The minimum atomic E-state index is -4.06. The van der Waals surface area contributed by atoms with E-state index in [1.165, 1.54) is 24.1 Å². The van der Waals surface area contributed by atoms with E-state index in [1.54, 1.807) is 60.7 Å². The Labute approximate surface area is 222 Å². The van der Waals surface area contributed by atoms with Gasteiger partial charge in [0.05, 0.1) is 30.8 Å². The van der Waals surface area contributed by atoms with Crippen LogP contribution in [-0.4, -0.2) is 50.9 Å². The fourth-order valence-electron chi connectivity index (χ4n) is 3.74. The molecule has 1 amide bonds. The highest BCUT2D eigenvalue weighted by Crippen LogP contribution is 2.34. The number of anilines is 1. The fraction of sp³-hybridized carbons (Fsp3) is 0.200. The molecular formula is C25H22BrClN2O6S. The lowest BCUT2D eigenvalue weighted by Gasteiger charge is -2.34. The van der Waals surface area contributed by atoms with Gasteiger partial charge in [-0.3, -0.25) is 4.79 Å². The monoisotopic (exact) mass is 592 g/mol. The number of halogens is 2. The van der Waals surface area contributed by atoms with E-state index in [1.807, 2.05) is 0 Å². The second kappa shape index (κ2) is 11.0. The standard InChI is InChI=1S/C25H22BrClN2O6S/c1-34-25(31)23-15-29(21-4-2-3-5-22(21)35-23)24(30)16-28(14-17-6-10-19(27)11-7-17)36(32,33)20-12-8-18(26)9-13-20/h2-13,23H,14-16H2,1H3/t23-/m0/s1. The Kier molecular flexibility index (Phi) is 7.99. The molecule has 4 rings (SSSR count). The SMILES string of the molecule is COC(=O)[C@@H]1CN(C(=O)CN(Cc2ccc(Cl)cc2)S(=O)(=O)c2ccc(Br)cc2)c2ccccc2O1. The van der Waals surface area contributed by atoms with E-state index >= 15 is 0 Å². The molecule has 3 aromatic carbocycles. The number of ether oxygens (including phenoxy) is 2. The molecular weight excluding hydrogens is 572 g/mol. The topological polar surface area (TPSA) is 93.2 Å². The average molecular weight is 594 g/mol. The van der Waals surface area contributed by atoms with Gasteiger partial charge in [-0.25, -0.2) is 13.2 Å². The van der Waals surface area contributed by atoms with Crippen LogP contribution in [0.25, 0.3) is 0 Å². The number of esters is 1. The summed E-state index contributed by atoms with van der Waals surface area (Å²) in [6.45, 7) is -0.646. The van der Waals surface area contributed by atoms with Gasteiger partial charge in [0.15, 0.2) is 0 Å². The number of carbonyl (C=O) groups is 2. The first-order valence-corrected chi connectivity index (χ1v) is 13.4. The molecule has 0 unspecified atom stereocenters. The zero-order chi connectivity index (χ0) is 25.9. The molecule has 0 radical (unpaired) electrons. The van der Waals surface area contributed by atoms with Crippen LogP contribution in [0.1, 0.15) is 5.56 Å². The highest BCUT2D eigenvalue weighted by Gasteiger charge is 2.36. The Bertz CT molecular complexity index is 1370. The van der Waals surface area contributed by atoms with E-state index in [0.717, 1.165) is 8.78 Å². The van der Waals surface area contributed by atoms with Gasteiger partial charge in [0.2, 0.25) is 22.0 Å². The molecule has 0 saturated carbocycles. The summed E-state index contributed by atoms with van der Waals surface area (Å²) in [5, 5.41) is 0.510. The van der Waals surface area contributed by atoms with E-state index in [9.17, 15) is 18.0 Å². The predicted molar refractivity (Wildman–Crippen MR) is 138 cm³/mol. The lowest BCUT2D eigenvalue weighted by molar-refractivity contribution is -0.148. The minimum Gasteiger partial charge on any atom is -0.475 e. The van der Waals surface area contributed by atoms with Crippen LogP contribution in [-0.2, 0) is 30.9 Å². The van der Waals surface area contributed by atoms with Gasteiger partial charge < -0.3 is 14.4 Å². The molecule has 1 aliphatic heterocycles. The van der Waals surface area contributed by atoms with Crippen molar-refractivity contribution >= 4 is 55.1 Å². The number of para-hydroxylation sites is 2. The molecule has 36 heavy (non-hydrogen) atoms. The molecule has 0 N–H and O–H groups in total. The zero-order valence-corrected chi connectivity index (χ0v) is 22.3. The average Bonchev–Trinajstić information content (AvgIpc) is 2.88. The molecule has 3 aromatic rings. The highest BCUT2D eigenvalue weighted by molar-refractivity contribution is 9.10. The van der Waals surface area contributed by atoms with Crippen molar-refractivity contribution in [2.45, 2.75) is 17.5 Å². The lowest BCUT2D eigenvalue weighted by atomic mass is 10.2. The van der Waals surface area contributed by atoms with Crippen LogP contribution in [0, 0.1) is 0 Å². The molecule has 1 atom stereocenters. The number of amides is 1. The van der Waals surface area contributed by atoms with Gasteiger partial charge in [0.25, 0.3) is 0 Å². The predicted octanol–water partition coefficient (Wildman–Crippen LogP) is 4.26. The van der Waals surface area contributed by atoms with Crippen LogP contribution < -0.4 is 9.64 Å². The van der Waals surface area contributed by atoms with Crippen molar-refractivity contribution < 1.29 is 27.5 Å². The van der Waals surface area contributed by atoms with Crippen LogP contribution in [0.3, 0.4) is 0 Å². The Hall–Kier alpha value is -2.92.